The SMILES string of the molecule is O=C(CSC1CN(C(c2ccccc2)c2ccccc2)C1)N/N=C\c1ccc([N+](=O)[O-])cc1. The van der Waals surface area contributed by atoms with E-state index in [0.29, 0.717) is 16.6 Å². The molecule has 7 nitrogen and oxygen atoms in total. The molecular formula is C25H24N4O3S. The molecule has 3 aromatic rings. The lowest BCUT2D eigenvalue weighted by Crippen LogP contribution is -2.51. The van der Waals surface area contributed by atoms with Crippen LogP contribution in [0.2, 0.25) is 0 Å². The summed E-state index contributed by atoms with van der Waals surface area (Å²) in [4.78, 5) is 24.8. The summed E-state index contributed by atoms with van der Waals surface area (Å²) in [5.41, 5.74) is 5.75. The quantitative estimate of drug-likeness (QED) is 0.293. The first kappa shape index (κ1) is 22.7. The molecule has 0 aliphatic carbocycles. The molecule has 0 bridgehead atoms. The highest BCUT2D eigenvalue weighted by atomic mass is 32.2. The monoisotopic (exact) mass is 460 g/mol. The number of non-ortho nitro benzene ring substituents is 1. The van der Waals surface area contributed by atoms with Crippen molar-refractivity contribution in [2.24, 2.45) is 5.10 Å². The minimum Gasteiger partial charge on any atom is -0.290 e. The number of rotatable bonds is 9. The van der Waals surface area contributed by atoms with Gasteiger partial charge in [0.1, 0.15) is 0 Å². The van der Waals surface area contributed by atoms with Crippen LogP contribution in [-0.2, 0) is 4.79 Å². The largest absolute Gasteiger partial charge is 0.290 e. The number of nitro benzene ring substituents is 1. The minimum atomic E-state index is -0.455. The molecule has 4 rings (SSSR count). The lowest BCUT2D eigenvalue weighted by molar-refractivity contribution is -0.384. The number of thioether (sulfide) groups is 1. The van der Waals surface area contributed by atoms with Crippen molar-refractivity contribution in [2.45, 2.75) is 11.3 Å². The number of amides is 1. The van der Waals surface area contributed by atoms with E-state index in [9.17, 15) is 14.9 Å². The van der Waals surface area contributed by atoms with E-state index in [1.807, 2.05) is 12.1 Å². The van der Waals surface area contributed by atoms with E-state index in [1.54, 1.807) is 23.9 Å². The maximum Gasteiger partial charge on any atom is 0.269 e. The highest BCUT2D eigenvalue weighted by molar-refractivity contribution is 8.00. The molecule has 0 aromatic heterocycles. The zero-order valence-corrected chi connectivity index (χ0v) is 18.7. The number of hydrogen-bond acceptors (Lipinski definition) is 6. The summed E-state index contributed by atoms with van der Waals surface area (Å²) in [7, 11) is 0. The number of nitro groups is 1. The predicted octanol–water partition coefficient (Wildman–Crippen LogP) is 4.25. The maximum atomic E-state index is 12.1. The lowest BCUT2D eigenvalue weighted by atomic mass is 9.94. The number of nitrogens with one attached hydrogen (secondary N) is 1. The van der Waals surface area contributed by atoms with Crippen LogP contribution in [0.25, 0.3) is 0 Å². The summed E-state index contributed by atoms with van der Waals surface area (Å²) < 4.78 is 0. The Morgan fingerprint density at radius 3 is 2.15 bits per heavy atom. The van der Waals surface area contributed by atoms with Gasteiger partial charge in [-0.25, -0.2) is 5.43 Å². The van der Waals surface area contributed by atoms with Crippen LogP contribution in [0.3, 0.4) is 0 Å². The van der Waals surface area contributed by atoms with Gasteiger partial charge < -0.3 is 0 Å². The summed E-state index contributed by atoms with van der Waals surface area (Å²) in [6, 6.07) is 27.2. The fraction of sp³-hybridized carbons (Fsp3) is 0.200. The molecule has 0 unspecified atom stereocenters. The van der Waals surface area contributed by atoms with Gasteiger partial charge in [-0.15, -0.1) is 11.8 Å². The molecule has 8 heteroatoms. The Bertz CT molecular complexity index is 1060. The van der Waals surface area contributed by atoms with E-state index >= 15 is 0 Å². The van der Waals surface area contributed by atoms with Gasteiger partial charge in [-0.3, -0.25) is 19.8 Å². The molecule has 0 atom stereocenters. The van der Waals surface area contributed by atoms with Crippen LogP contribution in [0.5, 0.6) is 0 Å². The average molecular weight is 461 g/mol. The van der Waals surface area contributed by atoms with Crippen molar-refractivity contribution in [3.8, 4) is 0 Å². The second-order valence-electron chi connectivity index (χ2n) is 7.75. The predicted molar refractivity (Wildman–Crippen MR) is 131 cm³/mol. The molecule has 0 spiro atoms. The molecule has 1 N–H and O–H groups in total. The Morgan fingerprint density at radius 1 is 1.03 bits per heavy atom. The van der Waals surface area contributed by atoms with Gasteiger partial charge in [0.15, 0.2) is 0 Å². The number of benzene rings is 3. The van der Waals surface area contributed by atoms with Gasteiger partial charge in [-0.1, -0.05) is 60.7 Å². The van der Waals surface area contributed by atoms with Crippen LogP contribution < -0.4 is 5.43 Å². The number of hydrogen-bond donors (Lipinski definition) is 1. The molecule has 1 aliphatic rings. The van der Waals surface area contributed by atoms with Crippen LogP contribution in [0.15, 0.2) is 90.0 Å². The topological polar surface area (TPSA) is 87.8 Å². The standard InChI is InChI=1S/C25H24N4O3S/c30-24(27-26-15-19-11-13-22(14-12-19)29(31)32)18-33-23-16-28(17-23)25(20-7-3-1-4-8-20)21-9-5-2-6-10-21/h1-15,23,25H,16-18H2,(H,27,30)/b26-15-. The second-order valence-corrected chi connectivity index (χ2v) is 9.04. The van der Waals surface area contributed by atoms with Crippen molar-refractivity contribution in [1.29, 1.82) is 0 Å². The van der Waals surface area contributed by atoms with Gasteiger partial charge in [-0.2, -0.15) is 5.10 Å². The van der Waals surface area contributed by atoms with E-state index in [0.717, 1.165) is 13.1 Å². The van der Waals surface area contributed by atoms with Crippen LogP contribution in [0.1, 0.15) is 22.7 Å². The summed E-state index contributed by atoms with van der Waals surface area (Å²) in [5, 5.41) is 15.0. The Morgan fingerprint density at radius 2 is 1.61 bits per heavy atom. The molecule has 1 heterocycles. The Kier molecular flexibility index (Phi) is 7.49. The van der Waals surface area contributed by atoms with Gasteiger partial charge in [-0.05, 0) is 28.8 Å². The van der Waals surface area contributed by atoms with E-state index in [4.69, 9.17) is 0 Å². The summed E-state index contributed by atoms with van der Waals surface area (Å²) in [6.07, 6.45) is 1.47. The van der Waals surface area contributed by atoms with Crippen molar-refractivity contribution in [1.82, 2.24) is 10.3 Å². The molecule has 168 valence electrons. The van der Waals surface area contributed by atoms with Gasteiger partial charge in [0.2, 0.25) is 5.91 Å². The van der Waals surface area contributed by atoms with Crippen molar-refractivity contribution in [3.05, 3.63) is 112 Å². The first-order valence-electron chi connectivity index (χ1n) is 10.6. The molecular weight excluding hydrogens is 436 g/mol. The third-order valence-corrected chi connectivity index (χ3v) is 6.63. The van der Waals surface area contributed by atoms with Gasteiger partial charge in [0.25, 0.3) is 5.69 Å². The van der Waals surface area contributed by atoms with Crippen molar-refractivity contribution < 1.29 is 9.72 Å². The average Bonchev–Trinajstić information content (AvgIpc) is 2.82. The molecule has 33 heavy (non-hydrogen) atoms. The fourth-order valence-electron chi connectivity index (χ4n) is 3.76. The highest BCUT2D eigenvalue weighted by Gasteiger charge is 2.34. The molecule has 1 fully saturated rings. The number of hydrazone groups is 1. The fourth-order valence-corrected chi connectivity index (χ4v) is 4.80. The zero-order chi connectivity index (χ0) is 23.0. The summed E-state index contributed by atoms with van der Waals surface area (Å²) >= 11 is 1.63. The second kappa shape index (κ2) is 10.9. The Balaban J connectivity index is 1.24. The minimum absolute atomic E-state index is 0.0175. The van der Waals surface area contributed by atoms with Gasteiger partial charge >= 0.3 is 0 Å². The molecule has 1 aliphatic heterocycles. The maximum absolute atomic E-state index is 12.1. The number of carbonyl (C=O) groups excluding carboxylic acids is 1. The van der Waals surface area contributed by atoms with Gasteiger partial charge in [0, 0.05) is 30.5 Å². The van der Waals surface area contributed by atoms with E-state index in [-0.39, 0.29) is 17.6 Å². The summed E-state index contributed by atoms with van der Waals surface area (Å²) in [5.74, 6) is 0.163. The van der Waals surface area contributed by atoms with Crippen LogP contribution in [0, 0.1) is 10.1 Å². The molecule has 3 aromatic carbocycles. The molecule has 0 radical (unpaired) electrons. The smallest absolute Gasteiger partial charge is 0.269 e. The summed E-state index contributed by atoms with van der Waals surface area (Å²) in [6.45, 7) is 1.83. The highest BCUT2D eigenvalue weighted by Crippen LogP contribution is 2.35. The van der Waals surface area contributed by atoms with Crippen LogP contribution in [-0.4, -0.2) is 46.0 Å². The van der Waals surface area contributed by atoms with Crippen LogP contribution >= 0.6 is 11.8 Å². The van der Waals surface area contributed by atoms with Crippen molar-refractivity contribution in [3.63, 3.8) is 0 Å². The molecule has 0 saturated carbocycles. The number of nitrogens with zero attached hydrogens (tertiary/aromatic N) is 3. The van der Waals surface area contributed by atoms with Crippen molar-refractivity contribution in [2.75, 3.05) is 18.8 Å². The lowest BCUT2D eigenvalue weighted by Gasteiger charge is -2.44. The third kappa shape index (κ3) is 6.06. The first-order chi connectivity index (χ1) is 16.1. The normalized spacial score (nSPS) is 14.3. The Hall–Kier alpha value is -3.49. The van der Waals surface area contributed by atoms with Crippen LogP contribution in [0.4, 0.5) is 5.69 Å². The number of likely N-dealkylation sites (tertiary alicyclic amines) is 1. The number of carbonyl (C=O) groups is 1. The Labute approximate surface area is 196 Å². The molecule has 1 saturated heterocycles. The van der Waals surface area contributed by atoms with Gasteiger partial charge in [0.05, 0.1) is 22.9 Å². The molecule has 1 amide bonds. The first-order valence-corrected chi connectivity index (χ1v) is 11.7. The van der Waals surface area contributed by atoms with Crippen molar-refractivity contribution >= 4 is 29.6 Å². The zero-order valence-electron chi connectivity index (χ0n) is 17.9. The third-order valence-electron chi connectivity index (χ3n) is 5.43. The van der Waals surface area contributed by atoms with E-state index < -0.39 is 4.92 Å². The van der Waals surface area contributed by atoms with E-state index in [1.165, 1.54) is 29.5 Å². The van der Waals surface area contributed by atoms with E-state index in [2.05, 4.69) is 64.0 Å².